The minimum absolute atomic E-state index is 0.111. The molecule has 0 bridgehead atoms. The Kier molecular flexibility index (Phi) is 10.8. The fraction of sp³-hybridized carbons (Fsp3) is 0.292. The van der Waals surface area contributed by atoms with Crippen molar-refractivity contribution in [3.05, 3.63) is 77.9 Å². The van der Waals surface area contributed by atoms with E-state index in [-0.39, 0.29) is 18.3 Å². The third-order valence-electron chi connectivity index (χ3n) is 4.53. The molecule has 8 heteroatoms. The van der Waals surface area contributed by atoms with Gasteiger partial charge in [0.25, 0.3) is 0 Å². The molecule has 0 unspecified atom stereocenters. The molecule has 2 rings (SSSR count). The van der Waals surface area contributed by atoms with E-state index in [1.165, 1.54) is 0 Å². The van der Waals surface area contributed by atoms with Crippen molar-refractivity contribution in [2.75, 3.05) is 38.2 Å². The van der Waals surface area contributed by atoms with E-state index >= 15 is 0 Å². The van der Waals surface area contributed by atoms with E-state index < -0.39 is 0 Å². The van der Waals surface area contributed by atoms with Crippen LogP contribution >= 0.6 is 0 Å². The molecule has 1 aromatic rings. The molecule has 0 amide bonds. The number of hydrazone groups is 1. The molecule has 1 aromatic carbocycles. The maximum absolute atomic E-state index is 14.1. The van der Waals surface area contributed by atoms with Gasteiger partial charge in [0.05, 0.1) is 32.2 Å². The zero-order valence-corrected chi connectivity index (χ0v) is 18.7. The van der Waals surface area contributed by atoms with E-state index in [2.05, 4.69) is 39.1 Å². The van der Waals surface area contributed by atoms with Crippen LogP contribution in [-0.4, -0.2) is 56.6 Å². The van der Waals surface area contributed by atoms with E-state index in [1.807, 2.05) is 55.2 Å². The first-order valence-corrected chi connectivity index (χ1v) is 10.4. The van der Waals surface area contributed by atoms with Crippen LogP contribution in [0.2, 0.25) is 0 Å². The van der Waals surface area contributed by atoms with Gasteiger partial charge in [0, 0.05) is 24.5 Å². The van der Waals surface area contributed by atoms with E-state index in [0.717, 1.165) is 28.7 Å². The van der Waals surface area contributed by atoms with Crippen molar-refractivity contribution in [1.29, 1.82) is 0 Å². The number of guanidine groups is 1. The number of hydrogen-bond donors (Lipinski definition) is 2. The first-order valence-electron chi connectivity index (χ1n) is 10.4. The Morgan fingerprint density at radius 1 is 1.31 bits per heavy atom. The van der Waals surface area contributed by atoms with Crippen LogP contribution in [-0.2, 0) is 4.74 Å². The normalized spacial score (nSPS) is 16.5. The number of morpholine rings is 1. The van der Waals surface area contributed by atoms with Gasteiger partial charge in [-0.2, -0.15) is 5.10 Å². The number of benzene rings is 1. The number of halogens is 1. The van der Waals surface area contributed by atoms with Crippen molar-refractivity contribution < 1.29 is 9.13 Å². The molecular formula is C24H31FN6O. The third-order valence-corrected chi connectivity index (χ3v) is 4.53. The molecule has 170 valence electrons. The second-order valence-electron chi connectivity index (χ2n) is 7.00. The maximum atomic E-state index is 14.1. The highest BCUT2D eigenvalue weighted by atomic mass is 19.1. The van der Waals surface area contributed by atoms with Crippen LogP contribution in [0.3, 0.4) is 0 Å². The molecular weight excluding hydrogens is 407 g/mol. The number of allylic oxidation sites excluding steroid dienone is 4. The van der Waals surface area contributed by atoms with Crippen LogP contribution in [0.4, 0.5) is 10.1 Å². The number of hydrogen-bond acceptors (Lipinski definition) is 5. The summed E-state index contributed by atoms with van der Waals surface area (Å²) in [5.74, 6) is -0.250. The van der Waals surface area contributed by atoms with Gasteiger partial charge in [-0.1, -0.05) is 24.8 Å². The molecule has 2 N–H and O–H groups in total. The minimum Gasteiger partial charge on any atom is -0.379 e. The van der Waals surface area contributed by atoms with Gasteiger partial charge in [-0.15, -0.1) is 0 Å². The molecule has 0 aliphatic carbocycles. The Labute approximate surface area is 189 Å². The van der Waals surface area contributed by atoms with Crippen molar-refractivity contribution in [3.8, 4) is 0 Å². The fourth-order valence-corrected chi connectivity index (χ4v) is 2.92. The van der Waals surface area contributed by atoms with Crippen LogP contribution < -0.4 is 10.7 Å². The lowest BCUT2D eigenvalue weighted by Gasteiger charge is -2.25. The number of aliphatic imine (C=N–C) groups is 2. The highest BCUT2D eigenvalue weighted by Gasteiger charge is 2.11. The summed E-state index contributed by atoms with van der Waals surface area (Å²) in [7, 11) is 0. The zero-order valence-electron chi connectivity index (χ0n) is 18.7. The summed E-state index contributed by atoms with van der Waals surface area (Å²) in [5.41, 5.74) is 6.53. The Morgan fingerprint density at radius 3 is 2.75 bits per heavy atom. The van der Waals surface area contributed by atoms with Crippen molar-refractivity contribution in [2.24, 2.45) is 15.1 Å². The quantitative estimate of drug-likeness (QED) is 0.263. The van der Waals surface area contributed by atoms with Gasteiger partial charge in [-0.05, 0) is 56.0 Å². The lowest BCUT2D eigenvalue weighted by Crippen LogP contribution is -2.37. The van der Waals surface area contributed by atoms with E-state index in [1.54, 1.807) is 12.3 Å². The average molecular weight is 439 g/mol. The first kappa shape index (κ1) is 24.9. The van der Waals surface area contributed by atoms with Gasteiger partial charge in [0.1, 0.15) is 5.83 Å². The summed E-state index contributed by atoms with van der Waals surface area (Å²) in [4.78, 5) is 9.69. The van der Waals surface area contributed by atoms with Crippen LogP contribution in [0, 0.1) is 6.92 Å². The Bertz CT molecular complexity index is 926. The number of nitrogens with zero attached hydrogens (tertiary/aromatic N) is 4. The summed E-state index contributed by atoms with van der Waals surface area (Å²) in [6.45, 7) is 14.0. The number of ether oxygens (including phenoxy) is 1. The molecule has 0 aromatic heterocycles. The second kappa shape index (κ2) is 13.8. The molecule has 1 saturated heterocycles. The van der Waals surface area contributed by atoms with Crippen LogP contribution in [0.25, 0.3) is 0 Å². The van der Waals surface area contributed by atoms with Crippen LogP contribution in [0.1, 0.15) is 18.1 Å². The SMILES string of the molecule is C=C/C=C(\C=C/C)Nc1ccc(/C=N/NC(N=C)=N/C=C(/F)CN2CCOCC2)c(C)c1. The molecule has 32 heavy (non-hydrogen) atoms. The highest BCUT2D eigenvalue weighted by Crippen LogP contribution is 2.16. The second-order valence-corrected chi connectivity index (χ2v) is 7.00. The van der Waals surface area contributed by atoms with Gasteiger partial charge < -0.3 is 10.1 Å². The minimum atomic E-state index is -0.361. The lowest BCUT2D eigenvalue weighted by atomic mass is 10.1. The molecule has 0 radical (unpaired) electrons. The van der Waals surface area contributed by atoms with E-state index in [4.69, 9.17) is 4.74 Å². The zero-order chi connectivity index (χ0) is 23.2. The predicted octanol–water partition coefficient (Wildman–Crippen LogP) is 4.18. The highest BCUT2D eigenvalue weighted by molar-refractivity contribution is 5.87. The van der Waals surface area contributed by atoms with Crippen molar-refractivity contribution in [3.63, 3.8) is 0 Å². The molecule has 7 nitrogen and oxygen atoms in total. The smallest absolute Gasteiger partial charge is 0.242 e. The molecule has 1 heterocycles. The summed E-state index contributed by atoms with van der Waals surface area (Å²) in [6, 6.07) is 5.93. The third kappa shape index (κ3) is 8.79. The van der Waals surface area contributed by atoms with Gasteiger partial charge in [-0.25, -0.2) is 19.8 Å². The van der Waals surface area contributed by atoms with E-state index in [9.17, 15) is 4.39 Å². The van der Waals surface area contributed by atoms with E-state index in [0.29, 0.717) is 26.3 Å². The lowest BCUT2D eigenvalue weighted by molar-refractivity contribution is 0.0400. The van der Waals surface area contributed by atoms with Crippen molar-refractivity contribution in [1.82, 2.24) is 10.3 Å². The van der Waals surface area contributed by atoms with Gasteiger partial charge in [0.2, 0.25) is 5.96 Å². The number of aryl methyl sites for hydroxylation is 1. The maximum Gasteiger partial charge on any atom is 0.242 e. The number of nitrogens with one attached hydrogen (secondary N) is 2. The molecule has 1 aliphatic heterocycles. The average Bonchev–Trinajstić information content (AvgIpc) is 2.78. The largest absolute Gasteiger partial charge is 0.379 e. The summed E-state index contributed by atoms with van der Waals surface area (Å²) >= 11 is 0. The van der Waals surface area contributed by atoms with Gasteiger partial charge in [0.15, 0.2) is 0 Å². The summed E-state index contributed by atoms with van der Waals surface area (Å²) < 4.78 is 19.3. The van der Waals surface area contributed by atoms with Crippen LogP contribution in [0.5, 0.6) is 0 Å². The number of rotatable bonds is 9. The molecule has 1 aliphatic rings. The van der Waals surface area contributed by atoms with Crippen LogP contribution in [0.15, 0.2) is 81.9 Å². The molecule has 0 atom stereocenters. The first-order chi connectivity index (χ1) is 15.5. The molecule has 1 fully saturated rings. The predicted molar refractivity (Wildman–Crippen MR) is 132 cm³/mol. The van der Waals surface area contributed by atoms with Crippen molar-refractivity contribution in [2.45, 2.75) is 13.8 Å². The topological polar surface area (TPSA) is 73.6 Å². The fourth-order valence-electron chi connectivity index (χ4n) is 2.92. The standard InChI is InChI=1S/C24H31FN6O/c1-5-7-22(8-6-2)29-23-10-9-20(19(3)15-23)16-28-30-24(26-4)27-17-21(25)18-31-11-13-32-14-12-31/h5-10,15-17,29H,1,4,11-14,18H2,2-3H3,(H,27,30)/b8-6-,21-17+,22-7+,28-16+. The van der Waals surface area contributed by atoms with Gasteiger partial charge >= 0.3 is 0 Å². The monoisotopic (exact) mass is 438 g/mol. The Balaban J connectivity index is 1.96. The Morgan fingerprint density at radius 2 is 2.09 bits per heavy atom. The summed E-state index contributed by atoms with van der Waals surface area (Å²) in [6.07, 6.45) is 10.3. The summed E-state index contributed by atoms with van der Waals surface area (Å²) in [5, 5.41) is 7.48. The number of anilines is 1. The van der Waals surface area contributed by atoms with Gasteiger partial charge in [-0.3, -0.25) is 4.90 Å². The molecule has 0 spiro atoms. The Hall–Kier alpha value is -3.36. The molecule has 0 saturated carbocycles. The van der Waals surface area contributed by atoms with Crippen molar-refractivity contribution >= 4 is 24.6 Å².